The molecule has 10 heteroatoms. The second-order valence-corrected chi connectivity index (χ2v) is 6.60. The van der Waals surface area contributed by atoms with Crippen molar-refractivity contribution in [3.05, 3.63) is 15.6 Å². The lowest BCUT2D eigenvalue weighted by atomic mass is 10.4. The maximum absolute atomic E-state index is 11.6. The molecule has 0 aromatic carbocycles. The molecule has 8 nitrogen and oxygen atoms in total. The summed E-state index contributed by atoms with van der Waals surface area (Å²) in [6, 6.07) is 0. The number of nitrogens with zero attached hydrogens (tertiary/aromatic N) is 1. The van der Waals surface area contributed by atoms with Crippen LogP contribution in [0, 0.1) is 6.92 Å². The number of esters is 1. The van der Waals surface area contributed by atoms with E-state index in [9.17, 15) is 18.0 Å². The molecule has 1 rings (SSSR count). The van der Waals surface area contributed by atoms with E-state index in [0.717, 1.165) is 11.3 Å². The van der Waals surface area contributed by atoms with Gasteiger partial charge in [-0.3, -0.25) is 4.79 Å². The van der Waals surface area contributed by atoms with Crippen LogP contribution in [-0.4, -0.2) is 42.8 Å². The van der Waals surface area contributed by atoms with E-state index in [0.29, 0.717) is 10.7 Å². The molecule has 1 heterocycles. The number of carbonyl (C=O) groups is 2. The van der Waals surface area contributed by atoms with E-state index in [-0.39, 0.29) is 18.0 Å². The molecule has 0 radical (unpaired) electrons. The van der Waals surface area contributed by atoms with Crippen LogP contribution >= 0.6 is 11.3 Å². The van der Waals surface area contributed by atoms with Crippen LogP contribution in [-0.2, 0) is 26.1 Å². The molecule has 0 saturated heterocycles. The summed E-state index contributed by atoms with van der Waals surface area (Å²) >= 11 is 0.884. The molecule has 0 atom stereocenters. The van der Waals surface area contributed by atoms with Gasteiger partial charge < -0.3 is 9.84 Å². The quantitative estimate of drug-likeness (QED) is 0.684. The van der Waals surface area contributed by atoms with Gasteiger partial charge in [0, 0.05) is 0 Å². The fraction of sp³-hybridized carbons (Fsp3) is 0.500. The number of aromatic nitrogens is 1. The molecule has 1 aromatic heterocycles. The number of thiazole rings is 1. The summed E-state index contributed by atoms with van der Waals surface area (Å²) in [5.41, 5.74) is 0.321. The van der Waals surface area contributed by atoms with Gasteiger partial charge >= 0.3 is 11.9 Å². The van der Waals surface area contributed by atoms with Crippen molar-refractivity contribution in [2.45, 2.75) is 20.4 Å². The standard InChI is InChI=1S/C10H14N2O6S2/c1-3-18-8(13)5-20(16,17)11-4-7-12-6(2)9(19-7)10(14)15/h11H,3-5H2,1-2H3,(H,14,15). The minimum Gasteiger partial charge on any atom is -0.477 e. The predicted octanol–water partition coefficient (Wildman–Crippen LogP) is 0.132. The van der Waals surface area contributed by atoms with Gasteiger partial charge in [0.25, 0.3) is 0 Å². The van der Waals surface area contributed by atoms with E-state index in [4.69, 9.17) is 5.11 Å². The number of nitrogens with one attached hydrogen (secondary N) is 1. The summed E-state index contributed by atoms with van der Waals surface area (Å²) in [5.74, 6) is -2.74. The minimum absolute atomic E-state index is 0.0598. The van der Waals surface area contributed by atoms with Crippen molar-refractivity contribution in [3.8, 4) is 0 Å². The molecule has 0 amide bonds. The molecule has 0 aliphatic heterocycles. The lowest BCUT2D eigenvalue weighted by Crippen LogP contribution is -2.30. The zero-order valence-corrected chi connectivity index (χ0v) is 12.5. The number of aryl methyl sites for hydroxylation is 1. The number of carboxylic acids is 1. The predicted molar refractivity (Wildman–Crippen MR) is 71.1 cm³/mol. The highest BCUT2D eigenvalue weighted by atomic mass is 32.2. The zero-order chi connectivity index (χ0) is 15.3. The Morgan fingerprint density at radius 2 is 2.10 bits per heavy atom. The number of hydrogen-bond acceptors (Lipinski definition) is 7. The average molecular weight is 322 g/mol. The van der Waals surface area contributed by atoms with E-state index in [1.807, 2.05) is 0 Å². The molecule has 0 bridgehead atoms. The Balaban J connectivity index is 2.64. The Labute approximate surface area is 119 Å². The van der Waals surface area contributed by atoms with Crippen molar-refractivity contribution in [2.24, 2.45) is 0 Å². The second-order valence-electron chi connectivity index (χ2n) is 3.71. The number of aromatic carboxylic acids is 1. The van der Waals surface area contributed by atoms with Crippen LogP contribution in [0.3, 0.4) is 0 Å². The Bertz CT molecular complexity index is 607. The van der Waals surface area contributed by atoms with Crippen molar-refractivity contribution in [1.29, 1.82) is 0 Å². The van der Waals surface area contributed by atoms with Gasteiger partial charge in [-0.1, -0.05) is 0 Å². The van der Waals surface area contributed by atoms with Crippen molar-refractivity contribution < 1.29 is 27.9 Å². The van der Waals surface area contributed by atoms with Crippen molar-refractivity contribution in [1.82, 2.24) is 9.71 Å². The topological polar surface area (TPSA) is 123 Å². The first-order chi connectivity index (χ1) is 9.25. The fourth-order valence-corrected chi connectivity index (χ4v) is 3.09. The maximum Gasteiger partial charge on any atom is 0.347 e. The normalized spacial score (nSPS) is 11.3. The lowest BCUT2D eigenvalue weighted by Gasteiger charge is -2.04. The van der Waals surface area contributed by atoms with Gasteiger partial charge in [-0.15, -0.1) is 11.3 Å². The van der Waals surface area contributed by atoms with Crippen LogP contribution in [0.15, 0.2) is 0 Å². The third-order valence-corrected chi connectivity index (χ3v) is 4.44. The van der Waals surface area contributed by atoms with E-state index < -0.39 is 27.7 Å². The summed E-state index contributed by atoms with van der Waals surface area (Å²) in [4.78, 5) is 25.9. The molecule has 112 valence electrons. The van der Waals surface area contributed by atoms with Crippen LogP contribution in [0.1, 0.15) is 27.3 Å². The van der Waals surface area contributed by atoms with Crippen molar-refractivity contribution >= 4 is 33.3 Å². The number of rotatable bonds is 7. The SMILES string of the molecule is CCOC(=O)CS(=O)(=O)NCc1nc(C)c(C(=O)O)s1. The van der Waals surface area contributed by atoms with E-state index in [1.54, 1.807) is 6.92 Å². The van der Waals surface area contributed by atoms with Gasteiger partial charge in [-0.05, 0) is 13.8 Å². The number of hydrogen-bond donors (Lipinski definition) is 2. The number of carboxylic acid groups (broad SMARTS) is 1. The Morgan fingerprint density at radius 1 is 1.45 bits per heavy atom. The number of carbonyl (C=O) groups excluding carboxylic acids is 1. The molecule has 2 N–H and O–H groups in total. The van der Waals surface area contributed by atoms with Crippen LogP contribution in [0.5, 0.6) is 0 Å². The van der Waals surface area contributed by atoms with Crippen LogP contribution in [0.2, 0.25) is 0 Å². The third-order valence-electron chi connectivity index (χ3n) is 2.09. The monoisotopic (exact) mass is 322 g/mol. The van der Waals surface area contributed by atoms with Crippen LogP contribution in [0.25, 0.3) is 0 Å². The van der Waals surface area contributed by atoms with Gasteiger partial charge in [0.15, 0.2) is 5.75 Å². The average Bonchev–Trinajstić information content (AvgIpc) is 2.68. The first-order valence-corrected chi connectivity index (χ1v) is 8.04. The first-order valence-electron chi connectivity index (χ1n) is 5.57. The summed E-state index contributed by atoms with van der Waals surface area (Å²) in [6.07, 6.45) is 0. The molecule has 0 unspecified atom stereocenters. The first kappa shape index (κ1) is 16.5. The van der Waals surface area contributed by atoms with Gasteiger partial charge in [0.1, 0.15) is 9.88 Å². The van der Waals surface area contributed by atoms with E-state index >= 15 is 0 Å². The van der Waals surface area contributed by atoms with Crippen molar-refractivity contribution in [3.63, 3.8) is 0 Å². The largest absolute Gasteiger partial charge is 0.477 e. The van der Waals surface area contributed by atoms with Gasteiger partial charge in [-0.25, -0.2) is 22.9 Å². The molecular weight excluding hydrogens is 308 g/mol. The Morgan fingerprint density at radius 3 is 2.60 bits per heavy atom. The molecule has 0 saturated carbocycles. The molecule has 20 heavy (non-hydrogen) atoms. The molecule has 0 fully saturated rings. The molecular formula is C10H14N2O6S2. The van der Waals surface area contributed by atoms with Gasteiger partial charge in [0.05, 0.1) is 18.8 Å². The Hall–Kier alpha value is -1.52. The summed E-state index contributed by atoms with van der Waals surface area (Å²) in [7, 11) is -3.83. The molecule has 1 aromatic rings. The highest BCUT2D eigenvalue weighted by Gasteiger charge is 2.19. The second kappa shape index (κ2) is 6.77. The Kier molecular flexibility index (Phi) is 5.60. The summed E-state index contributed by atoms with van der Waals surface area (Å²) in [5, 5.41) is 9.17. The fourth-order valence-electron chi connectivity index (χ4n) is 1.31. The summed E-state index contributed by atoms with van der Waals surface area (Å²) in [6.45, 7) is 3.03. The zero-order valence-electron chi connectivity index (χ0n) is 10.9. The molecule has 0 aliphatic rings. The third kappa shape index (κ3) is 4.87. The van der Waals surface area contributed by atoms with Gasteiger partial charge in [0.2, 0.25) is 10.0 Å². The molecule has 0 aliphatic carbocycles. The smallest absolute Gasteiger partial charge is 0.347 e. The lowest BCUT2D eigenvalue weighted by molar-refractivity contribution is -0.139. The summed E-state index contributed by atoms with van der Waals surface area (Å²) < 4.78 is 29.8. The van der Waals surface area contributed by atoms with Gasteiger partial charge in [-0.2, -0.15) is 0 Å². The highest BCUT2D eigenvalue weighted by Crippen LogP contribution is 2.17. The van der Waals surface area contributed by atoms with Crippen molar-refractivity contribution in [2.75, 3.05) is 12.4 Å². The van der Waals surface area contributed by atoms with Crippen LogP contribution < -0.4 is 4.72 Å². The maximum atomic E-state index is 11.6. The minimum atomic E-state index is -3.83. The highest BCUT2D eigenvalue weighted by molar-refractivity contribution is 7.90. The number of ether oxygens (including phenoxy) is 1. The van der Waals surface area contributed by atoms with E-state index in [2.05, 4.69) is 14.4 Å². The van der Waals surface area contributed by atoms with Crippen LogP contribution in [0.4, 0.5) is 0 Å². The number of sulfonamides is 1. The molecule has 0 spiro atoms. The van der Waals surface area contributed by atoms with E-state index in [1.165, 1.54) is 6.92 Å².